The Kier molecular flexibility index (Phi) is 7.59. The third-order valence-electron chi connectivity index (χ3n) is 3.62. The zero-order valence-corrected chi connectivity index (χ0v) is 17.7. The predicted molar refractivity (Wildman–Crippen MR) is 112 cm³/mol. The predicted octanol–water partition coefficient (Wildman–Crippen LogP) is 4.96. The maximum Gasteiger partial charge on any atom is 0.271 e. The number of nitro benzene ring substituents is 1. The highest BCUT2D eigenvalue weighted by Gasteiger charge is 2.16. The SMILES string of the molecule is CCOc1cc(/C=C(\C#N)C(=O)Nc2cc([N+](=O)[O-])ccc2Cl)cc(Br)c1OC. The summed E-state index contributed by atoms with van der Waals surface area (Å²) in [5, 5.41) is 22.8. The Balaban J connectivity index is 2.37. The first-order chi connectivity index (χ1) is 13.8. The number of nitrogens with one attached hydrogen (secondary N) is 1. The molecule has 2 aromatic carbocycles. The van der Waals surface area contributed by atoms with Crippen LogP contribution in [0.1, 0.15) is 12.5 Å². The van der Waals surface area contributed by atoms with Gasteiger partial charge < -0.3 is 14.8 Å². The molecule has 1 N–H and O–H groups in total. The van der Waals surface area contributed by atoms with Gasteiger partial charge in [-0.25, -0.2) is 0 Å². The molecule has 10 heteroatoms. The molecule has 0 aliphatic rings. The molecule has 0 bridgehead atoms. The lowest BCUT2D eigenvalue weighted by Crippen LogP contribution is -2.14. The number of methoxy groups -OCH3 is 1. The van der Waals surface area contributed by atoms with Gasteiger partial charge in [-0.3, -0.25) is 14.9 Å². The van der Waals surface area contributed by atoms with Crippen LogP contribution in [0.25, 0.3) is 6.08 Å². The van der Waals surface area contributed by atoms with Crippen LogP contribution in [0.5, 0.6) is 11.5 Å². The fraction of sp³-hybridized carbons (Fsp3) is 0.158. The number of nitriles is 1. The first-order valence-corrected chi connectivity index (χ1v) is 9.35. The van der Waals surface area contributed by atoms with Gasteiger partial charge in [-0.2, -0.15) is 5.26 Å². The molecule has 0 saturated heterocycles. The standard InChI is InChI=1S/C19H15BrClN3O5/c1-3-29-17-8-11(7-14(20)18(17)28-2)6-12(10-22)19(25)23-16-9-13(24(26)27)4-5-15(16)21/h4-9H,3H2,1-2H3,(H,23,25)/b12-6+. The van der Waals surface area contributed by atoms with Crippen molar-refractivity contribution in [3.63, 3.8) is 0 Å². The molecule has 0 aromatic heterocycles. The molecular weight excluding hydrogens is 466 g/mol. The van der Waals surface area contributed by atoms with Crippen molar-refractivity contribution < 1.29 is 19.2 Å². The molecule has 2 rings (SSSR count). The number of benzene rings is 2. The quantitative estimate of drug-likeness (QED) is 0.259. The Morgan fingerprint density at radius 2 is 2.14 bits per heavy atom. The lowest BCUT2D eigenvalue weighted by atomic mass is 10.1. The molecule has 0 unspecified atom stereocenters. The number of carbonyl (C=O) groups is 1. The number of amides is 1. The van der Waals surface area contributed by atoms with E-state index in [2.05, 4.69) is 21.2 Å². The first-order valence-electron chi connectivity index (χ1n) is 8.18. The summed E-state index contributed by atoms with van der Waals surface area (Å²) in [7, 11) is 1.50. The number of halogens is 2. The summed E-state index contributed by atoms with van der Waals surface area (Å²) in [4.78, 5) is 22.8. The molecule has 0 atom stereocenters. The van der Waals surface area contributed by atoms with Crippen LogP contribution < -0.4 is 14.8 Å². The first kappa shape index (κ1) is 22.2. The second-order valence-corrected chi connectivity index (χ2v) is 6.77. The maximum absolute atomic E-state index is 12.5. The van der Waals surface area contributed by atoms with E-state index in [9.17, 15) is 20.2 Å². The maximum atomic E-state index is 12.5. The smallest absolute Gasteiger partial charge is 0.271 e. The number of nitro groups is 1. The van der Waals surface area contributed by atoms with Crippen molar-refractivity contribution in [2.45, 2.75) is 6.92 Å². The third-order valence-corrected chi connectivity index (χ3v) is 4.54. The van der Waals surface area contributed by atoms with E-state index in [1.54, 1.807) is 12.1 Å². The number of ether oxygens (including phenoxy) is 2. The van der Waals surface area contributed by atoms with Gasteiger partial charge in [0.1, 0.15) is 11.6 Å². The van der Waals surface area contributed by atoms with E-state index < -0.39 is 10.8 Å². The van der Waals surface area contributed by atoms with Crippen molar-refractivity contribution in [2.24, 2.45) is 0 Å². The summed E-state index contributed by atoms with van der Waals surface area (Å²) < 4.78 is 11.4. The van der Waals surface area contributed by atoms with E-state index in [4.69, 9.17) is 21.1 Å². The molecule has 2 aromatic rings. The number of rotatable bonds is 7. The molecule has 1 amide bonds. The van der Waals surface area contributed by atoms with Crippen molar-refractivity contribution in [3.8, 4) is 17.6 Å². The van der Waals surface area contributed by atoms with Gasteiger partial charge in [-0.15, -0.1) is 0 Å². The lowest BCUT2D eigenvalue weighted by molar-refractivity contribution is -0.384. The fourth-order valence-corrected chi connectivity index (χ4v) is 3.15. The summed E-state index contributed by atoms with van der Waals surface area (Å²) in [5.41, 5.74) is 0.0654. The van der Waals surface area contributed by atoms with E-state index in [-0.39, 0.29) is 22.0 Å². The number of hydrogen-bond donors (Lipinski definition) is 1. The summed E-state index contributed by atoms with van der Waals surface area (Å²) >= 11 is 9.35. The Labute approximate surface area is 180 Å². The summed E-state index contributed by atoms with van der Waals surface area (Å²) in [6.07, 6.45) is 1.35. The molecule has 0 aliphatic heterocycles. The molecule has 0 heterocycles. The molecule has 150 valence electrons. The van der Waals surface area contributed by atoms with Crippen LogP contribution in [0, 0.1) is 21.4 Å². The molecule has 0 fully saturated rings. The van der Waals surface area contributed by atoms with Gasteiger partial charge >= 0.3 is 0 Å². The van der Waals surface area contributed by atoms with Crippen LogP contribution in [0.3, 0.4) is 0 Å². The van der Waals surface area contributed by atoms with Crippen LogP contribution in [-0.2, 0) is 4.79 Å². The third kappa shape index (κ3) is 5.47. The molecule has 29 heavy (non-hydrogen) atoms. The highest BCUT2D eigenvalue weighted by Crippen LogP contribution is 2.37. The number of nitrogens with zero attached hydrogens (tertiary/aromatic N) is 2. The Hall–Kier alpha value is -3.09. The zero-order valence-electron chi connectivity index (χ0n) is 15.4. The van der Waals surface area contributed by atoms with Crippen molar-refractivity contribution in [1.82, 2.24) is 0 Å². The minimum absolute atomic E-state index is 0.0259. The molecule has 0 radical (unpaired) electrons. The Morgan fingerprint density at radius 1 is 1.41 bits per heavy atom. The van der Waals surface area contributed by atoms with E-state index in [1.807, 2.05) is 13.0 Å². The van der Waals surface area contributed by atoms with Gasteiger partial charge in [0.2, 0.25) is 0 Å². The molecular formula is C19H15BrClN3O5. The topological polar surface area (TPSA) is 114 Å². The van der Waals surface area contributed by atoms with Crippen LogP contribution in [0.15, 0.2) is 40.4 Å². The van der Waals surface area contributed by atoms with Crippen molar-refractivity contribution in [2.75, 3.05) is 19.0 Å². The number of non-ortho nitro benzene ring substituents is 1. The van der Waals surface area contributed by atoms with Gasteiger partial charge in [0.15, 0.2) is 11.5 Å². The second-order valence-electron chi connectivity index (χ2n) is 5.51. The minimum atomic E-state index is -0.764. The monoisotopic (exact) mass is 479 g/mol. The van der Waals surface area contributed by atoms with Crippen LogP contribution in [0.4, 0.5) is 11.4 Å². The van der Waals surface area contributed by atoms with Crippen molar-refractivity contribution >= 4 is 50.9 Å². The van der Waals surface area contributed by atoms with Gasteiger partial charge in [0, 0.05) is 12.1 Å². The van der Waals surface area contributed by atoms with Gasteiger partial charge in [0.25, 0.3) is 11.6 Å². The number of carbonyl (C=O) groups excluding carboxylic acids is 1. The fourth-order valence-electron chi connectivity index (χ4n) is 2.36. The summed E-state index contributed by atoms with van der Waals surface area (Å²) in [6.45, 7) is 2.21. The zero-order chi connectivity index (χ0) is 21.6. The Morgan fingerprint density at radius 3 is 2.72 bits per heavy atom. The lowest BCUT2D eigenvalue weighted by Gasteiger charge is -2.12. The number of anilines is 1. The summed E-state index contributed by atoms with van der Waals surface area (Å²) in [6, 6.07) is 8.71. The molecule has 0 saturated carbocycles. The van der Waals surface area contributed by atoms with Crippen LogP contribution in [-0.4, -0.2) is 24.5 Å². The highest BCUT2D eigenvalue weighted by molar-refractivity contribution is 9.10. The molecule has 0 aliphatic carbocycles. The number of hydrogen-bond acceptors (Lipinski definition) is 6. The van der Waals surface area contributed by atoms with Gasteiger partial charge in [-0.1, -0.05) is 11.6 Å². The van der Waals surface area contributed by atoms with Crippen molar-refractivity contribution in [1.29, 1.82) is 5.26 Å². The van der Waals surface area contributed by atoms with Crippen LogP contribution >= 0.6 is 27.5 Å². The normalized spacial score (nSPS) is 10.8. The summed E-state index contributed by atoms with van der Waals surface area (Å²) in [5.74, 6) is 0.158. The Bertz CT molecular complexity index is 1030. The average Bonchev–Trinajstić information content (AvgIpc) is 2.67. The van der Waals surface area contributed by atoms with Crippen molar-refractivity contribution in [3.05, 3.63) is 61.1 Å². The van der Waals surface area contributed by atoms with Gasteiger partial charge in [0.05, 0.1) is 33.8 Å². The molecule has 8 nitrogen and oxygen atoms in total. The largest absolute Gasteiger partial charge is 0.492 e. The minimum Gasteiger partial charge on any atom is -0.492 e. The van der Waals surface area contributed by atoms with Gasteiger partial charge in [-0.05, 0) is 52.7 Å². The van der Waals surface area contributed by atoms with E-state index in [0.717, 1.165) is 6.07 Å². The average molecular weight is 481 g/mol. The van der Waals surface area contributed by atoms with E-state index >= 15 is 0 Å². The van der Waals surface area contributed by atoms with E-state index in [0.29, 0.717) is 28.1 Å². The van der Waals surface area contributed by atoms with E-state index in [1.165, 1.54) is 25.3 Å². The van der Waals surface area contributed by atoms with Crippen LogP contribution in [0.2, 0.25) is 5.02 Å². The highest BCUT2D eigenvalue weighted by atomic mass is 79.9. The second kappa shape index (κ2) is 9.91. The molecule has 0 spiro atoms.